The van der Waals surface area contributed by atoms with Crippen molar-refractivity contribution in [1.29, 1.82) is 0 Å². The zero-order valence-corrected chi connectivity index (χ0v) is 21.0. The van der Waals surface area contributed by atoms with Crippen LogP contribution in [0.3, 0.4) is 0 Å². The molecule has 186 valence electrons. The first-order valence-electron chi connectivity index (χ1n) is 12.5. The van der Waals surface area contributed by atoms with Gasteiger partial charge in [0.15, 0.2) is 0 Å². The molecule has 2 aromatic carbocycles. The predicted octanol–water partition coefficient (Wildman–Crippen LogP) is 3.87. The van der Waals surface area contributed by atoms with Gasteiger partial charge in [0.05, 0.1) is 11.3 Å². The number of para-hydroxylation sites is 2. The van der Waals surface area contributed by atoms with Crippen molar-refractivity contribution in [1.82, 2.24) is 9.80 Å². The van der Waals surface area contributed by atoms with Crippen LogP contribution in [0.25, 0.3) is 0 Å². The van der Waals surface area contributed by atoms with E-state index in [4.69, 9.17) is 0 Å². The largest absolute Gasteiger partial charge is 0.368 e. The van der Waals surface area contributed by atoms with Crippen LogP contribution in [-0.2, 0) is 9.59 Å². The van der Waals surface area contributed by atoms with Gasteiger partial charge in [-0.2, -0.15) is 0 Å². The van der Waals surface area contributed by atoms with E-state index < -0.39 is 5.41 Å². The second kappa shape index (κ2) is 10.5. The molecule has 7 heteroatoms. The molecule has 0 unspecified atom stereocenters. The van der Waals surface area contributed by atoms with Gasteiger partial charge in [-0.15, -0.1) is 0 Å². The summed E-state index contributed by atoms with van der Waals surface area (Å²) in [5, 5.41) is 3.01. The Kier molecular flexibility index (Phi) is 7.43. The molecule has 3 amide bonds. The molecule has 0 aromatic heterocycles. The number of hydrogen-bond donors (Lipinski definition) is 1. The maximum atomic E-state index is 13.3. The van der Waals surface area contributed by atoms with E-state index in [2.05, 4.69) is 22.3 Å². The van der Waals surface area contributed by atoms with Gasteiger partial charge in [0, 0.05) is 56.3 Å². The highest BCUT2D eigenvalue weighted by atomic mass is 16.2. The SMILES string of the molecule is CC(C)(C)C(=O)N1CCC(C(=O)Nc2ccccc2C(=O)N2CCN(c3ccccc3)CC2)CC1. The van der Waals surface area contributed by atoms with Crippen LogP contribution in [0.2, 0.25) is 0 Å². The van der Waals surface area contributed by atoms with Gasteiger partial charge < -0.3 is 20.0 Å². The summed E-state index contributed by atoms with van der Waals surface area (Å²) in [6, 6.07) is 17.5. The van der Waals surface area contributed by atoms with Crippen molar-refractivity contribution >= 4 is 29.1 Å². The smallest absolute Gasteiger partial charge is 0.256 e. The fourth-order valence-electron chi connectivity index (χ4n) is 4.81. The fraction of sp³-hybridized carbons (Fsp3) is 0.464. The number of amides is 3. The van der Waals surface area contributed by atoms with Gasteiger partial charge in [0.25, 0.3) is 5.91 Å². The maximum absolute atomic E-state index is 13.3. The molecule has 1 N–H and O–H groups in total. The molecule has 35 heavy (non-hydrogen) atoms. The first kappa shape index (κ1) is 24.8. The molecule has 0 radical (unpaired) electrons. The van der Waals surface area contributed by atoms with Crippen molar-refractivity contribution < 1.29 is 14.4 Å². The number of likely N-dealkylation sites (tertiary alicyclic amines) is 1. The molecule has 0 atom stereocenters. The third kappa shape index (κ3) is 5.84. The highest BCUT2D eigenvalue weighted by Gasteiger charge is 2.33. The molecular weight excluding hydrogens is 440 g/mol. The Balaban J connectivity index is 1.35. The van der Waals surface area contributed by atoms with E-state index in [1.807, 2.05) is 60.9 Å². The van der Waals surface area contributed by atoms with E-state index >= 15 is 0 Å². The Hall–Kier alpha value is -3.35. The summed E-state index contributed by atoms with van der Waals surface area (Å²) in [6.07, 6.45) is 1.26. The van der Waals surface area contributed by atoms with Crippen molar-refractivity contribution in [2.24, 2.45) is 11.3 Å². The van der Waals surface area contributed by atoms with Gasteiger partial charge in [-0.05, 0) is 37.1 Å². The van der Waals surface area contributed by atoms with Gasteiger partial charge >= 0.3 is 0 Å². The molecule has 0 bridgehead atoms. The summed E-state index contributed by atoms with van der Waals surface area (Å²) < 4.78 is 0. The third-order valence-electron chi connectivity index (χ3n) is 6.90. The maximum Gasteiger partial charge on any atom is 0.256 e. The molecule has 0 saturated carbocycles. The van der Waals surface area contributed by atoms with Crippen molar-refractivity contribution in [3.05, 3.63) is 60.2 Å². The van der Waals surface area contributed by atoms with Crippen LogP contribution in [0.1, 0.15) is 44.0 Å². The summed E-state index contributed by atoms with van der Waals surface area (Å²) in [6.45, 7) is 9.75. The normalized spacial score (nSPS) is 17.3. The Bertz CT molecular complexity index is 1050. The van der Waals surface area contributed by atoms with Crippen LogP contribution >= 0.6 is 0 Å². The molecule has 2 aromatic rings. The number of nitrogens with one attached hydrogen (secondary N) is 1. The Labute approximate surface area is 208 Å². The van der Waals surface area contributed by atoms with E-state index in [1.54, 1.807) is 12.1 Å². The van der Waals surface area contributed by atoms with Gasteiger partial charge in [0.1, 0.15) is 0 Å². The van der Waals surface area contributed by atoms with Crippen LogP contribution in [0.15, 0.2) is 54.6 Å². The topological polar surface area (TPSA) is 73.0 Å². The van der Waals surface area contributed by atoms with Crippen molar-refractivity contribution in [2.45, 2.75) is 33.6 Å². The van der Waals surface area contributed by atoms with Crippen LogP contribution < -0.4 is 10.2 Å². The zero-order valence-electron chi connectivity index (χ0n) is 21.0. The minimum absolute atomic E-state index is 0.0563. The summed E-state index contributed by atoms with van der Waals surface area (Å²) in [7, 11) is 0. The standard InChI is InChI=1S/C28H36N4O3/c1-28(2,3)27(35)32-15-13-21(14-16-32)25(33)29-24-12-8-7-11-23(24)26(34)31-19-17-30(18-20-31)22-9-5-4-6-10-22/h4-12,21H,13-20H2,1-3H3,(H,29,33). The Morgan fingerprint density at radius 3 is 2.00 bits per heavy atom. The Morgan fingerprint density at radius 2 is 1.37 bits per heavy atom. The predicted molar refractivity (Wildman–Crippen MR) is 138 cm³/mol. The van der Waals surface area contributed by atoms with Gasteiger partial charge in [-0.3, -0.25) is 14.4 Å². The number of hydrogen-bond acceptors (Lipinski definition) is 4. The summed E-state index contributed by atoms with van der Waals surface area (Å²) in [5.74, 6) is -0.183. The number of carbonyl (C=O) groups excluding carboxylic acids is 3. The highest BCUT2D eigenvalue weighted by Crippen LogP contribution is 2.26. The van der Waals surface area contributed by atoms with E-state index in [-0.39, 0.29) is 23.6 Å². The first-order chi connectivity index (χ1) is 16.7. The first-order valence-corrected chi connectivity index (χ1v) is 12.5. The molecule has 7 nitrogen and oxygen atoms in total. The van der Waals surface area contributed by atoms with Crippen LogP contribution in [-0.4, -0.2) is 66.8 Å². The lowest BCUT2D eigenvalue weighted by molar-refractivity contribution is -0.142. The second-order valence-corrected chi connectivity index (χ2v) is 10.5. The summed E-state index contributed by atoms with van der Waals surface area (Å²) in [4.78, 5) is 44.9. The molecular formula is C28H36N4O3. The lowest BCUT2D eigenvalue weighted by Crippen LogP contribution is -2.49. The minimum atomic E-state index is -0.416. The molecule has 2 fully saturated rings. The average molecular weight is 477 g/mol. The Morgan fingerprint density at radius 1 is 0.771 bits per heavy atom. The molecule has 4 rings (SSSR count). The number of rotatable bonds is 4. The van der Waals surface area contributed by atoms with Gasteiger partial charge in [0.2, 0.25) is 11.8 Å². The zero-order chi connectivity index (χ0) is 25.0. The van der Waals surface area contributed by atoms with Crippen LogP contribution in [0.5, 0.6) is 0 Å². The second-order valence-electron chi connectivity index (χ2n) is 10.5. The van der Waals surface area contributed by atoms with E-state index in [0.717, 1.165) is 13.1 Å². The average Bonchev–Trinajstić information content (AvgIpc) is 2.88. The van der Waals surface area contributed by atoms with Crippen molar-refractivity contribution in [3.8, 4) is 0 Å². The number of piperazine rings is 1. The van der Waals surface area contributed by atoms with E-state index in [0.29, 0.717) is 50.3 Å². The number of piperidine rings is 1. The lowest BCUT2D eigenvalue weighted by Gasteiger charge is -2.36. The lowest BCUT2D eigenvalue weighted by atomic mass is 9.90. The van der Waals surface area contributed by atoms with Crippen LogP contribution in [0.4, 0.5) is 11.4 Å². The minimum Gasteiger partial charge on any atom is -0.368 e. The third-order valence-corrected chi connectivity index (χ3v) is 6.90. The van der Waals surface area contributed by atoms with Crippen molar-refractivity contribution in [2.75, 3.05) is 49.5 Å². The number of carbonyl (C=O) groups is 3. The number of anilines is 2. The molecule has 2 aliphatic rings. The van der Waals surface area contributed by atoms with Crippen LogP contribution in [0, 0.1) is 11.3 Å². The highest BCUT2D eigenvalue weighted by molar-refractivity contribution is 6.04. The summed E-state index contributed by atoms with van der Waals surface area (Å²) in [5.41, 5.74) is 1.83. The molecule has 0 spiro atoms. The monoisotopic (exact) mass is 476 g/mol. The number of benzene rings is 2. The summed E-state index contributed by atoms with van der Waals surface area (Å²) >= 11 is 0. The van der Waals surface area contributed by atoms with E-state index in [9.17, 15) is 14.4 Å². The fourth-order valence-corrected chi connectivity index (χ4v) is 4.81. The molecule has 2 heterocycles. The van der Waals surface area contributed by atoms with E-state index in [1.165, 1.54) is 5.69 Å². The molecule has 2 aliphatic heterocycles. The molecule has 2 saturated heterocycles. The quantitative estimate of drug-likeness (QED) is 0.727. The number of nitrogens with zero attached hydrogens (tertiary/aromatic N) is 3. The molecule has 0 aliphatic carbocycles. The van der Waals surface area contributed by atoms with Crippen molar-refractivity contribution in [3.63, 3.8) is 0 Å². The van der Waals surface area contributed by atoms with Gasteiger partial charge in [-0.25, -0.2) is 0 Å². The van der Waals surface area contributed by atoms with Gasteiger partial charge in [-0.1, -0.05) is 51.1 Å².